The third-order valence-electron chi connectivity index (χ3n) is 9.60. The second kappa shape index (κ2) is 9.63. The number of aryl methyl sites for hydroxylation is 3. The van der Waals surface area contributed by atoms with Gasteiger partial charge in [-0.1, -0.05) is 12.1 Å². The SMILES string of the molecule is Cc1nc2cccc(CCc3ncc(CNC45CC6CC(CC(C6)C4)C5)s3)c2c(=O)n1C1CCC(=O)NC1=O. The molecule has 2 aromatic heterocycles. The molecular formula is C30H35N5O3S. The molecular weight excluding hydrogens is 510 g/mol. The molecule has 204 valence electrons. The van der Waals surface area contributed by atoms with Crippen molar-refractivity contribution >= 4 is 34.1 Å². The number of thiazole rings is 1. The number of benzene rings is 1. The van der Waals surface area contributed by atoms with E-state index in [0.29, 0.717) is 35.1 Å². The standard InChI is InChI=1S/C30H35N5O3S/c1-17-33-23-4-2-3-21(27(23)29(38)35(17)24-6-7-25(36)34-28(24)37)5-8-26-31-15-22(39-26)16-32-30-12-18-9-19(13-30)11-20(10-18)14-30/h2-4,15,18-20,24,32H,5-14,16H2,1H3,(H,34,36,37). The molecule has 2 N–H and O–H groups in total. The van der Waals surface area contributed by atoms with Crippen molar-refractivity contribution in [1.29, 1.82) is 0 Å². The molecule has 9 heteroatoms. The molecule has 0 spiro atoms. The minimum atomic E-state index is -0.719. The summed E-state index contributed by atoms with van der Waals surface area (Å²) in [5.41, 5.74) is 1.67. The van der Waals surface area contributed by atoms with Crippen LogP contribution in [0.25, 0.3) is 10.9 Å². The van der Waals surface area contributed by atoms with Gasteiger partial charge < -0.3 is 5.32 Å². The van der Waals surface area contributed by atoms with E-state index in [1.807, 2.05) is 24.4 Å². The summed E-state index contributed by atoms with van der Waals surface area (Å²) < 4.78 is 1.46. The van der Waals surface area contributed by atoms with E-state index in [9.17, 15) is 14.4 Å². The summed E-state index contributed by atoms with van der Waals surface area (Å²) >= 11 is 1.76. The normalized spacial score (nSPS) is 29.8. The Labute approximate surface area is 231 Å². The van der Waals surface area contributed by atoms with Crippen LogP contribution in [0, 0.1) is 24.7 Å². The number of hydrogen-bond acceptors (Lipinski definition) is 7. The van der Waals surface area contributed by atoms with Gasteiger partial charge in [-0.2, -0.15) is 0 Å². The number of rotatable bonds is 7. The first-order valence-corrected chi connectivity index (χ1v) is 15.2. The Hall–Kier alpha value is -2.91. The molecule has 4 bridgehead atoms. The maximum atomic E-state index is 13.7. The van der Waals surface area contributed by atoms with Gasteiger partial charge in [0, 0.05) is 36.0 Å². The Kier molecular flexibility index (Phi) is 6.19. The van der Waals surface area contributed by atoms with Crippen LogP contribution < -0.4 is 16.2 Å². The average Bonchev–Trinajstić information content (AvgIpc) is 3.34. The van der Waals surface area contributed by atoms with Gasteiger partial charge in [0.1, 0.15) is 11.9 Å². The van der Waals surface area contributed by atoms with Crippen molar-refractivity contribution in [3.05, 3.63) is 56.0 Å². The zero-order valence-electron chi connectivity index (χ0n) is 22.4. The third-order valence-corrected chi connectivity index (χ3v) is 10.7. The van der Waals surface area contributed by atoms with Crippen LogP contribution in [0.5, 0.6) is 0 Å². The third kappa shape index (κ3) is 4.63. The number of imide groups is 1. The van der Waals surface area contributed by atoms with Gasteiger partial charge in [0.2, 0.25) is 11.8 Å². The van der Waals surface area contributed by atoms with Gasteiger partial charge in [0.15, 0.2) is 0 Å². The zero-order chi connectivity index (χ0) is 26.7. The van der Waals surface area contributed by atoms with E-state index < -0.39 is 11.9 Å². The summed E-state index contributed by atoms with van der Waals surface area (Å²) in [6, 6.07) is 5.03. The summed E-state index contributed by atoms with van der Waals surface area (Å²) in [6.45, 7) is 2.63. The lowest BCUT2D eigenvalue weighted by atomic mass is 9.53. The molecule has 5 fully saturated rings. The highest BCUT2D eigenvalue weighted by Crippen LogP contribution is 2.55. The first kappa shape index (κ1) is 25.1. The Morgan fingerprint density at radius 2 is 1.82 bits per heavy atom. The van der Waals surface area contributed by atoms with Crippen LogP contribution in [0.1, 0.15) is 78.7 Å². The smallest absolute Gasteiger partial charge is 0.262 e. The summed E-state index contributed by atoms with van der Waals surface area (Å²) in [5.74, 6) is 2.54. The average molecular weight is 546 g/mol. The van der Waals surface area contributed by atoms with E-state index in [0.717, 1.165) is 41.3 Å². The van der Waals surface area contributed by atoms with Gasteiger partial charge >= 0.3 is 0 Å². The number of aromatic nitrogens is 3. The van der Waals surface area contributed by atoms with Gasteiger partial charge in [-0.25, -0.2) is 9.97 Å². The number of hydrogen-bond donors (Lipinski definition) is 2. The highest BCUT2D eigenvalue weighted by Gasteiger charge is 2.50. The van der Waals surface area contributed by atoms with Crippen LogP contribution in [0.3, 0.4) is 0 Å². The minimum Gasteiger partial charge on any atom is -0.306 e. The molecule has 8 rings (SSSR count). The van der Waals surface area contributed by atoms with E-state index >= 15 is 0 Å². The van der Waals surface area contributed by atoms with E-state index in [4.69, 9.17) is 4.98 Å². The predicted octanol–water partition coefficient (Wildman–Crippen LogP) is 3.98. The molecule has 0 radical (unpaired) electrons. The molecule has 5 aliphatic rings. The van der Waals surface area contributed by atoms with Crippen LogP contribution in [0.4, 0.5) is 0 Å². The quantitative estimate of drug-likeness (QED) is 0.435. The number of piperidine rings is 1. The molecule has 3 heterocycles. The molecule has 1 atom stereocenters. The maximum absolute atomic E-state index is 13.7. The van der Waals surface area contributed by atoms with Crippen molar-refractivity contribution in [2.75, 3.05) is 0 Å². The number of amides is 2. The van der Waals surface area contributed by atoms with Gasteiger partial charge in [-0.3, -0.25) is 24.3 Å². The van der Waals surface area contributed by atoms with Crippen molar-refractivity contribution in [1.82, 2.24) is 25.2 Å². The fraction of sp³-hybridized carbons (Fsp3) is 0.567. The fourth-order valence-electron chi connectivity index (χ4n) is 8.31. The fourth-order valence-corrected chi connectivity index (χ4v) is 9.18. The van der Waals surface area contributed by atoms with Gasteiger partial charge in [0.25, 0.3) is 5.56 Å². The Balaban J connectivity index is 1.07. The van der Waals surface area contributed by atoms with Gasteiger partial charge in [-0.05, 0) is 87.7 Å². The molecule has 3 aromatic rings. The first-order valence-electron chi connectivity index (χ1n) is 14.4. The second-order valence-corrected chi connectivity index (χ2v) is 13.6. The summed E-state index contributed by atoms with van der Waals surface area (Å²) in [5, 5.41) is 7.96. The monoisotopic (exact) mass is 545 g/mol. The number of nitrogens with zero attached hydrogens (tertiary/aromatic N) is 3. The lowest BCUT2D eigenvalue weighted by molar-refractivity contribution is -0.135. The second-order valence-electron chi connectivity index (χ2n) is 12.4. The van der Waals surface area contributed by atoms with Crippen molar-refractivity contribution < 1.29 is 9.59 Å². The van der Waals surface area contributed by atoms with E-state index in [2.05, 4.69) is 15.6 Å². The Morgan fingerprint density at radius 1 is 1.08 bits per heavy atom. The topological polar surface area (TPSA) is 106 Å². The Morgan fingerprint density at radius 3 is 2.54 bits per heavy atom. The molecule has 1 unspecified atom stereocenters. The predicted molar refractivity (Wildman–Crippen MR) is 149 cm³/mol. The molecule has 4 aliphatic carbocycles. The summed E-state index contributed by atoms with van der Waals surface area (Å²) in [6.07, 6.45) is 12.3. The lowest BCUT2D eigenvalue weighted by Crippen LogP contribution is -2.58. The zero-order valence-corrected chi connectivity index (χ0v) is 23.2. The number of carbonyl (C=O) groups is 2. The largest absolute Gasteiger partial charge is 0.306 e. The van der Waals surface area contributed by atoms with E-state index in [1.54, 1.807) is 18.3 Å². The highest BCUT2D eigenvalue weighted by atomic mass is 32.1. The molecule has 1 aromatic carbocycles. The van der Waals surface area contributed by atoms with E-state index in [1.165, 1.54) is 48.0 Å². The van der Waals surface area contributed by atoms with Crippen LogP contribution >= 0.6 is 11.3 Å². The lowest BCUT2D eigenvalue weighted by Gasteiger charge is -2.57. The molecule has 1 saturated heterocycles. The van der Waals surface area contributed by atoms with Crippen molar-refractivity contribution in [2.24, 2.45) is 17.8 Å². The van der Waals surface area contributed by atoms with Crippen LogP contribution in [0.15, 0.2) is 29.2 Å². The Bertz CT molecular complexity index is 1490. The van der Waals surface area contributed by atoms with Crippen molar-refractivity contribution in [3.63, 3.8) is 0 Å². The minimum absolute atomic E-state index is 0.214. The first-order chi connectivity index (χ1) is 18.9. The van der Waals surface area contributed by atoms with Crippen LogP contribution in [-0.2, 0) is 29.0 Å². The number of nitrogens with one attached hydrogen (secondary N) is 2. The highest BCUT2D eigenvalue weighted by molar-refractivity contribution is 7.11. The molecule has 8 nitrogen and oxygen atoms in total. The summed E-state index contributed by atoms with van der Waals surface area (Å²) in [4.78, 5) is 48.5. The summed E-state index contributed by atoms with van der Waals surface area (Å²) in [7, 11) is 0. The molecule has 4 saturated carbocycles. The van der Waals surface area contributed by atoms with E-state index in [-0.39, 0.29) is 17.9 Å². The number of fused-ring (bicyclic) bond motifs is 1. The maximum Gasteiger partial charge on any atom is 0.262 e. The van der Waals surface area contributed by atoms with Crippen LogP contribution in [-0.4, -0.2) is 31.9 Å². The van der Waals surface area contributed by atoms with Gasteiger partial charge in [0.05, 0.1) is 15.9 Å². The molecule has 1 aliphatic heterocycles. The molecule has 39 heavy (non-hydrogen) atoms. The van der Waals surface area contributed by atoms with Crippen molar-refractivity contribution in [2.45, 2.75) is 89.3 Å². The molecule has 2 amide bonds. The number of carbonyl (C=O) groups excluding carboxylic acids is 2. The van der Waals surface area contributed by atoms with Gasteiger partial charge in [-0.15, -0.1) is 11.3 Å². The van der Waals surface area contributed by atoms with Crippen LogP contribution in [0.2, 0.25) is 0 Å². The van der Waals surface area contributed by atoms with Crippen molar-refractivity contribution in [3.8, 4) is 0 Å².